The Hall–Kier alpha value is -0.650. The Balaban J connectivity index is 1.68. The highest BCUT2D eigenvalue weighted by Crippen LogP contribution is 2.28. The first-order valence-corrected chi connectivity index (χ1v) is 8.78. The fourth-order valence-corrected chi connectivity index (χ4v) is 3.47. The van der Waals surface area contributed by atoms with Crippen molar-refractivity contribution in [1.29, 1.82) is 0 Å². The van der Waals surface area contributed by atoms with E-state index in [0.717, 1.165) is 31.8 Å². The molecule has 1 atom stereocenters. The summed E-state index contributed by atoms with van der Waals surface area (Å²) in [6, 6.07) is 0. The molecule has 1 unspecified atom stereocenters. The molecule has 0 aromatic rings. The number of hydrogen-bond donors (Lipinski definition) is 1. The van der Waals surface area contributed by atoms with Crippen LogP contribution in [0, 0.1) is 5.92 Å². The molecule has 1 aliphatic carbocycles. The number of carbonyl (C=O) groups excluding carboxylic acids is 1. The summed E-state index contributed by atoms with van der Waals surface area (Å²) in [7, 11) is 1.61. The van der Waals surface area contributed by atoms with Gasteiger partial charge in [0.2, 0.25) is 5.91 Å². The number of piperidine rings is 1. The Labute approximate surface area is 134 Å². The van der Waals surface area contributed by atoms with Crippen molar-refractivity contribution in [2.24, 2.45) is 11.7 Å². The molecule has 0 aromatic carbocycles. The highest BCUT2D eigenvalue weighted by molar-refractivity contribution is 5.76. The summed E-state index contributed by atoms with van der Waals surface area (Å²) in [6.07, 6.45) is 7.90. The first-order valence-electron chi connectivity index (χ1n) is 8.78. The number of nitrogens with zero attached hydrogens (tertiary/aromatic N) is 1. The highest BCUT2D eigenvalue weighted by atomic mass is 16.5. The van der Waals surface area contributed by atoms with Gasteiger partial charge < -0.3 is 20.1 Å². The van der Waals surface area contributed by atoms with Gasteiger partial charge in [-0.2, -0.15) is 0 Å². The van der Waals surface area contributed by atoms with Gasteiger partial charge >= 0.3 is 0 Å². The Kier molecular flexibility index (Phi) is 7.12. The van der Waals surface area contributed by atoms with Gasteiger partial charge in [-0.3, -0.25) is 4.79 Å². The minimum Gasteiger partial charge on any atom is -0.380 e. The molecule has 5 heteroatoms. The van der Waals surface area contributed by atoms with Crippen LogP contribution in [-0.2, 0) is 14.3 Å². The lowest BCUT2D eigenvalue weighted by Crippen LogP contribution is -2.43. The summed E-state index contributed by atoms with van der Waals surface area (Å²) in [5.41, 5.74) is 5.58. The molecular formula is C17H32N2O3. The molecular weight excluding hydrogens is 280 g/mol. The van der Waals surface area contributed by atoms with E-state index in [-0.39, 0.29) is 12.0 Å². The maximum Gasteiger partial charge on any atom is 0.225 e. The van der Waals surface area contributed by atoms with Crippen LogP contribution in [0.3, 0.4) is 0 Å². The van der Waals surface area contributed by atoms with Gasteiger partial charge in [-0.1, -0.05) is 6.92 Å². The van der Waals surface area contributed by atoms with Crippen LogP contribution in [0.5, 0.6) is 0 Å². The maximum atomic E-state index is 12.2. The summed E-state index contributed by atoms with van der Waals surface area (Å²) in [5, 5.41) is 0. The van der Waals surface area contributed by atoms with Crippen molar-refractivity contribution in [2.45, 2.75) is 70.2 Å². The van der Waals surface area contributed by atoms with Gasteiger partial charge in [0.25, 0.3) is 0 Å². The van der Waals surface area contributed by atoms with E-state index in [1.807, 2.05) is 4.90 Å². The number of hydrogen-bond acceptors (Lipinski definition) is 4. The van der Waals surface area contributed by atoms with Gasteiger partial charge in [-0.25, -0.2) is 0 Å². The second-order valence-electron chi connectivity index (χ2n) is 6.90. The van der Waals surface area contributed by atoms with E-state index in [2.05, 4.69) is 6.92 Å². The molecule has 0 radical (unpaired) electrons. The van der Waals surface area contributed by atoms with Gasteiger partial charge in [0.1, 0.15) is 0 Å². The minimum atomic E-state index is -0.161. The molecule has 1 amide bonds. The molecule has 2 N–H and O–H groups in total. The number of likely N-dealkylation sites (tertiary alicyclic amines) is 1. The lowest BCUT2D eigenvalue weighted by molar-refractivity contribution is -0.137. The Morgan fingerprint density at radius 1 is 1.14 bits per heavy atom. The normalized spacial score (nSPS) is 28.6. The van der Waals surface area contributed by atoms with E-state index in [9.17, 15) is 4.79 Å². The van der Waals surface area contributed by atoms with Crippen LogP contribution < -0.4 is 5.73 Å². The fraction of sp³-hybridized carbons (Fsp3) is 0.941. The molecule has 2 rings (SSSR count). The summed E-state index contributed by atoms with van der Waals surface area (Å²) in [4.78, 5) is 14.1. The van der Waals surface area contributed by atoms with E-state index in [1.54, 1.807) is 7.11 Å². The number of methoxy groups -OCH3 is 1. The van der Waals surface area contributed by atoms with E-state index in [4.69, 9.17) is 15.2 Å². The SMILES string of the molecule is COC(CN)CC(=O)N1CCC(OC2CCC(C)CC2)CC1. The standard InChI is InChI=1S/C17H32N2O3/c1-13-3-5-14(6-4-13)22-15-7-9-19(10-8-15)17(20)11-16(12-18)21-2/h13-16H,3-12,18H2,1-2H3. The van der Waals surface area contributed by atoms with E-state index in [1.165, 1.54) is 25.7 Å². The van der Waals surface area contributed by atoms with Crippen molar-refractivity contribution in [1.82, 2.24) is 4.90 Å². The second kappa shape index (κ2) is 8.85. The average Bonchev–Trinajstić information content (AvgIpc) is 2.55. The van der Waals surface area contributed by atoms with Crippen LogP contribution >= 0.6 is 0 Å². The fourth-order valence-electron chi connectivity index (χ4n) is 3.47. The zero-order chi connectivity index (χ0) is 15.9. The molecule has 22 heavy (non-hydrogen) atoms. The molecule has 0 spiro atoms. The van der Waals surface area contributed by atoms with E-state index in [0.29, 0.717) is 25.2 Å². The number of rotatable bonds is 6. The third-order valence-corrected chi connectivity index (χ3v) is 5.14. The zero-order valence-corrected chi connectivity index (χ0v) is 14.1. The monoisotopic (exact) mass is 312 g/mol. The largest absolute Gasteiger partial charge is 0.380 e. The maximum absolute atomic E-state index is 12.2. The van der Waals surface area contributed by atoms with Crippen molar-refractivity contribution >= 4 is 5.91 Å². The summed E-state index contributed by atoms with van der Waals surface area (Å²) in [5.74, 6) is 1.01. The van der Waals surface area contributed by atoms with E-state index >= 15 is 0 Å². The first kappa shape index (κ1) is 17.7. The Morgan fingerprint density at radius 3 is 2.27 bits per heavy atom. The molecule has 5 nitrogen and oxygen atoms in total. The molecule has 1 saturated heterocycles. The third-order valence-electron chi connectivity index (χ3n) is 5.14. The van der Waals surface area contributed by atoms with Gasteiger partial charge in [-0.05, 0) is 44.4 Å². The molecule has 1 aliphatic heterocycles. The van der Waals surface area contributed by atoms with Crippen LogP contribution in [0.15, 0.2) is 0 Å². The Morgan fingerprint density at radius 2 is 1.73 bits per heavy atom. The highest BCUT2D eigenvalue weighted by Gasteiger charge is 2.27. The molecule has 1 saturated carbocycles. The molecule has 0 aromatic heterocycles. The molecule has 2 aliphatic rings. The zero-order valence-electron chi connectivity index (χ0n) is 14.1. The van der Waals surface area contributed by atoms with Crippen LogP contribution in [0.4, 0.5) is 0 Å². The van der Waals surface area contributed by atoms with Gasteiger partial charge in [0.05, 0.1) is 24.7 Å². The van der Waals surface area contributed by atoms with Crippen molar-refractivity contribution < 1.29 is 14.3 Å². The molecule has 128 valence electrons. The molecule has 0 bridgehead atoms. The molecule has 2 fully saturated rings. The lowest BCUT2D eigenvalue weighted by Gasteiger charge is -2.36. The number of carbonyl (C=O) groups is 1. The third kappa shape index (κ3) is 5.21. The van der Waals surface area contributed by atoms with Crippen molar-refractivity contribution in [2.75, 3.05) is 26.7 Å². The van der Waals surface area contributed by atoms with Gasteiger partial charge in [0, 0.05) is 26.7 Å². The van der Waals surface area contributed by atoms with Crippen LogP contribution in [0.2, 0.25) is 0 Å². The quantitative estimate of drug-likeness (QED) is 0.814. The predicted octanol–water partition coefficient (Wildman–Crippen LogP) is 1.94. The van der Waals surface area contributed by atoms with Crippen LogP contribution in [-0.4, -0.2) is 55.9 Å². The van der Waals surface area contributed by atoms with Crippen molar-refractivity contribution in [3.8, 4) is 0 Å². The van der Waals surface area contributed by atoms with Crippen LogP contribution in [0.1, 0.15) is 51.9 Å². The molecule has 1 heterocycles. The summed E-state index contributed by atoms with van der Waals surface area (Å²) in [6.45, 7) is 4.32. The second-order valence-corrected chi connectivity index (χ2v) is 6.90. The number of nitrogens with two attached hydrogens (primary N) is 1. The smallest absolute Gasteiger partial charge is 0.225 e. The summed E-state index contributed by atoms with van der Waals surface area (Å²) < 4.78 is 11.4. The first-order chi connectivity index (χ1) is 10.6. The Bertz CT molecular complexity index is 331. The van der Waals surface area contributed by atoms with Gasteiger partial charge in [-0.15, -0.1) is 0 Å². The summed E-state index contributed by atoms with van der Waals surface area (Å²) >= 11 is 0. The van der Waals surface area contributed by atoms with E-state index < -0.39 is 0 Å². The topological polar surface area (TPSA) is 64.8 Å². The number of ether oxygens (including phenoxy) is 2. The minimum absolute atomic E-state index is 0.155. The lowest BCUT2D eigenvalue weighted by atomic mass is 9.88. The predicted molar refractivity (Wildman–Crippen MR) is 86.6 cm³/mol. The van der Waals surface area contributed by atoms with Gasteiger partial charge in [0.15, 0.2) is 0 Å². The number of amides is 1. The average molecular weight is 312 g/mol. The van der Waals surface area contributed by atoms with Crippen LogP contribution in [0.25, 0.3) is 0 Å². The van der Waals surface area contributed by atoms with Crippen molar-refractivity contribution in [3.05, 3.63) is 0 Å². The van der Waals surface area contributed by atoms with Crippen molar-refractivity contribution in [3.63, 3.8) is 0 Å².